The van der Waals surface area contributed by atoms with Crippen molar-refractivity contribution < 1.29 is 28.1 Å². The molecule has 0 bridgehead atoms. The van der Waals surface area contributed by atoms with Gasteiger partial charge in [-0.3, -0.25) is 4.79 Å². The zero-order valence-corrected chi connectivity index (χ0v) is 26.0. The van der Waals surface area contributed by atoms with E-state index >= 15 is 0 Å². The largest absolute Gasteiger partial charge is 0.492 e. The van der Waals surface area contributed by atoms with E-state index in [0.29, 0.717) is 64.3 Å². The number of hydrogen-bond acceptors (Lipinski definition) is 7. The first-order valence-corrected chi connectivity index (χ1v) is 15.3. The number of halogens is 1. The lowest BCUT2D eigenvalue weighted by atomic mass is 9.90. The van der Waals surface area contributed by atoms with Crippen LogP contribution in [-0.2, 0) is 34.0 Å². The van der Waals surface area contributed by atoms with E-state index in [9.17, 15) is 4.79 Å². The van der Waals surface area contributed by atoms with Crippen LogP contribution in [0.4, 0.5) is 0 Å². The van der Waals surface area contributed by atoms with E-state index in [-0.39, 0.29) is 18.8 Å². The van der Waals surface area contributed by atoms with Gasteiger partial charge in [0.05, 0.1) is 36.5 Å². The number of hydrogen-bond donors (Lipinski definition) is 0. The van der Waals surface area contributed by atoms with Crippen LogP contribution >= 0.6 is 15.9 Å². The fraction of sp³-hybridized carbons (Fsp3) is 0.250. The molecule has 0 saturated heterocycles. The second kappa shape index (κ2) is 14.2. The molecule has 0 fully saturated rings. The summed E-state index contributed by atoms with van der Waals surface area (Å²) in [5.74, 6) is 1.23. The molecule has 0 N–H and O–H groups in total. The Balaban J connectivity index is 1.37. The third-order valence-electron chi connectivity index (χ3n) is 7.61. The maximum absolute atomic E-state index is 14.5. The van der Waals surface area contributed by atoms with Gasteiger partial charge in [-0.25, -0.2) is 0 Å². The Morgan fingerprint density at radius 3 is 2.00 bits per heavy atom. The summed E-state index contributed by atoms with van der Waals surface area (Å²) in [6.45, 7) is 1.08. The van der Waals surface area contributed by atoms with Crippen molar-refractivity contribution in [2.24, 2.45) is 0 Å². The molecule has 0 radical (unpaired) electrons. The average Bonchev–Trinajstić information content (AvgIpc) is 3.06. The minimum atomic E-state index is -0.547. The van der Waals surface area contributed by atoms with E-state index in [4.69, 9.17) is 28.1 Å². The van der Waals surface area contributed by atoms with E-state index < -0.39 is 12.2 Å². The van der Waals surface area contributed by atoms with E-state index in [1.807, 2.05) is 91.0 Å². The van der Waals surface area contributed by atoms with Gasteiger partial charge in [0, 0.05) is 0 Å². The van der Waals surface area contributed by atoms with Crippen molar-refractivity contribution in [3.63, 3.8) is 0 Å². The van der Waals surface area contributed by atoms with E-state index in [1.165, 1.54) is 0 Å². The average molecular weight is 658 g/mol. The Kier molecular flexibility index (Phi) is 9.73. The van der Waals surface area contributed by atoms with Crippen molar-refractivity contribution in [2.75, 3.05) is 13.9 Å². The van der Waals surface area contributed by atoms with Crippen LogP contribution in [0.2, 0.25) is 0 Å². The third kappa shape index (κ3) is 6.74. The highest BCUT2D eigenvalue weighted by molar-refractivity contribution is 9.10. The molecule has 7 nitrogen and oxygen atoms in total. The fourth-order valence-electron chi connectivity index (χ4n) is 5.43. The highest BCUT2D eigenvalue weighted by Gasteiger charge is 2.36. The van der Waals surface area contributed by atoms with Gasteiger partial charge in [0.2, 0.25) is 5.43 Å². The second-order valence-electron chi connectivity index (χ2n) is 10.5. The molecule has 1 aliphatic carbocycles. The smallest absolute Gasteiger partial charge is 0.202 e. The first kappa shape index (κ1) is 30.1. The lowest BCUT2D eigenvalue weighted by Crippen LogP contribution is -2.27. The Morgan fingerprint density at radius 2 is 1.36 bits per heavy atom. The van der Waals surface area contributed by atoms with Crippen molar-refractivity contribution in [1.29, 1.82) is 0 Å². The highest BCUT2D eigenvalue weighted by Crippen LogP contribution is 2.45. The van der Waals surface area contributed by atoms with Gasteiger partial charge in [-0.2, -0.15) is 0 Å². The molecule has 0 amide bonds. The maximum Gasteiger partial charge on any atom is 0.202 e. The summed E-state index contributed by atoms with van der Waals surface area (Å²) >= 11 is 3.59. The molecule has 0 saturated carbocycles. The molecule has 8 heteroatoms. The van der Waals surface area contributed by atoms with Gasteiger partial charge in [0.1, 0.15) is 36.4 Å². The normalized spacial score (nSPS) is 16.0. The fourth-order valence-corrected chi connectivity index (χ4v) is 5.98. The van der Waals surface area contributed by atoms with Crippen molar-refractivity contribution in [3.05, 3.63) is 140 Å². The van der Waals surface area contributed by atoms with Crippen LogP contribution < -0.4 is 14.9 Å². The monoisotopic (exact) mass is 656 g/mol. The summed E-state index contributed by atoms with van der Waals surface area (Å²) in [7, 11) is 1.54. The highest BCUT2D eigenvalue weighted by atomic mass is 79.9. The molecular formula is C36H33BrO7. The Labute approximate surface area is 264 Å². The van der Waals surface area contributed by atoms with Gasteiger partial charge in [-0.05, 0) is 51.5 Å². The van der Waals surface area contributed by atoms with Crippen molar-refractivity contribution in [1.82, 2.24) is 0 Å². The predicted molar refractivity (Wildman–Crippen MR) is 171 cm³/mol. The summed E-state index contributed by atoms with van der Waals surface area (Å²) in [5, 5.41) is 0.294. The number of benzene rings is 4. The molecular weight excluding hydrogens is 624 g/mol. The zero-order chi connectivity index (χ0) is 30.3. The van der Waals surface area contributed by atoms with Crippen LogP contribution in [0.25, 0.3) is 11.0 Å². The number of ether oxygens (including phenoxy) is 5. The van der Waals surface area contributed by atoms with Gasteiger partial charge < -0.3 is 28.1 Å². The topological polar surface area (TPSA) is 76.4 Å². The van der Waals surface area contributed by atoms with Gasteiger partial charge in [0.15, 0.2) is 11.3 Å². The molecule has 1 heterocycles. The Morgan fingerprint density at radius 1 is 0.773 bits per heavy atom. The molecule has 5 aromatic rings. The minimum Gasteiger partial charge on any atom is -0.492 e. The van der Waals surface area contributed by atoms with Crippen LogP contribution in [0.3, 0.4) is 0 Å². The molecule has 4 aromatic carbocycles. The second-order valence-corrected chi connectivity index (χ2v) is 11.4. The van der Waals surface area contributed by atoms with Gasteiger partial charge in [-0.15, -0.1) is 0 Å². The molecule has 0 aliphatic heterocycles. The molecule has 226 valence electrons. The lowest BCUT2D eigenvalue weighted by Gasteiger charge is -2.30. The molecule has 44 heavy (non-hydrogen) atoms. The molecule has 0 spiro atoms. The van der Waals surface area contributed by atoms with Gasteiger partial charge in [-0.1, -0.05) is 91.0 Å². The number of rotatable bonds is 12. The number of methoxy groups -OCH3 is 1. The predicted octanol–water partition coefficient (Wildman–Crippen LogP) is 8.43. The van der Waals surface area contributed by atoms with E-state index in [0.717, 1.165) is 16.7 Å². The summed E-state index contributed by atoms with van der Waals surface area (Å²) in [6.07, 6.45) is 0.163. The molecule has 0 unspecified atom stereocenters. The van der Waals surface area contributed by atoms with Crippen molar-refractivity contribution in [3.8, 4) is 11.5 Å². The van der Waals surface area contributed by atoms with Gasteiger partial charge >= 0.3 is 0 Å². The Hall–Kier alpha value is -3.95. The summed E-state index contributed by atoms with van der Waals surface area (Å²) < 4.78 is 37.5. The number of fused-ring (bicyclic) bond motifs is 2. The molecule has 6 rings (SSSR count). The zero-order valence-electron chi connectivity index (χ0n) is 24.4. The van der Waals surface area contributed by atoms with E-state index in [1.54, 1.807) is 13.2 Å². The van der Waals surface area contributed by atoms with Crippen LogP contribution in [0.15, 0.2) is 111 Å². The van der Waals surface area contributed by atoms with Crippen LogP contribution in [0, 0.1) is 0 Å². The van der Waals surface area contributed by atoms with Gasteiger partial charge in [0.25, 0.3) is 0 Å². The quantitative estimate of drug-likeness (QED) is 0.0985. The first-order chi connectivity index (χ1) is 21.6. The van der Waals surface area contributed by atoms with Crippen molar-refractivity contribution in [2.45, 2.75) is 44.9 Å². The SMILES string of the molecule is COc1c(Br)cc(OCc2ccccc2)c2c(=O)c3c(oc12)[C@H](OCc1ccccc1)CC[C@H]3OCOCc1ccccc1. The standard InChI is InChI=1S/C36H33BrO7/c1-39-34-27(37)19-30(42-22-26-15-9-4-10-16-26)32-33(38)31-28(43-23-40-20-24-11-5-2-6-12-24)17-18-29(35(31)44-36(32)34)41-21-25-13-7-3-8-14-25/h2-16,19,28-29H,17-18,20-23H2,1H3/t28-,29-/m1/s1. The van der Waals surface area contributed by atoms with Crippen molar-refractivity contribution >= 4 is 26.9 Å². The van der Waals surface area contributed by atoms with Crippen LogP contribution in [-0.4, -0.2) is 13.9 Å². The minimum absolute atomic E-state index is 0.0209. The first-order valence-electron chi connectivity index (χ1n) is 14.5. The molecule has 1 aliphatic rings. The molecule has 1 aromatic heterocycles. The summed E-state index contributed by atoms with van der Waals surface area (Å²) in [4.78, 5) is 14.5. The molecule has 2 atom stereocenters. The third-order valence-corrected chi connectivity index (χ3v) is 8.20. The lowest BCUT2D eigenvalue weighted by molar-refractivity contribution is -0.111. The summed E-state index contributed by atoms with van der Waals surface area (Å²) in [6, 6.07) is 31.3. The van der Waals surface area contributed by atoms with Crippen LogP contribution in [0.5, 0.6) is 11.5 Å². The van der Waals surface area contributed by atoms with E-state index in [2.05, 4.69) is 15.9 Å². The maximum atomic E-state index is 14.5. The Bertz CT molecular complexity index is 1740. The summed E-state index contributed by atoms with van der Waals surface area (Å²) in [5.41, 5.74) is 3.51. The van der Waals surface area contributed by atoms with Crippen LogP contribution in [0.1, 0.15) is 53.1 Å².